The Kier molecular flexibility index (Phi) is 5.67. The standard InChI is InChI=1S/C12H14BrN3O/c1-16(8-4-7-14)9-12(17)15-11-6-3-2-5-10(11)13/h2-3,5-6H,4,8-9H2,1H3,(H,15,17). The monoisotopic (exact) mass is 295 g/mol. The Hall–Kier alpha value is -1.38. The predicted octanol–water partition coefficient (Wildman–Crippen LogP) is 2.23. The molecule has 4 nitrogen and oxygen atoms in total. The van der Waals surface area contributed by atoms with E-state index in [1.54, 1.807) is 0 Å². The molecule has 1 N–H and O–H groups in total. The molecule has 0 aliphatic rings. The molecular formula is C12H14BrN3O. The zero-order valence-corrected chi connectivity index (χ0v) is 11.2. The zero-order chi connectivity index (χ0) is 12.7. The van der Waals surface area contributed by atoms with Crippen molar-refractivity contribution in [3.63, 3.8) is 0 Å². The lowest BCUT2D eigenvalue weighted by atomic mass is 10.3. The van der Waals surface area contributed by atoms with Crippen molar-refractivity contribution in [2.24, 2.45) is 0 Å². The number of hydrogen-bond donors (Lipinski definition) is 1. The summed E-state index contributed by atoms with van der Waals surface area (Å²) in [5.74, 6) is -0.0858. The summed E-state index contributed by atoms with van der Waals surface area (Å²) in [4.78, 5) is 13.5. The van der Waals surface area contributed by atoms with Gasteiger partial charge in [0.05, 0.1) is 18.3 Å². The Morgan fingerprint density at radius 2 is 2.24 bits per heavy atom. The normalized spacial score (nSPS) is 10.0. The van der Waals surface area contributed by atoms with Crippen LogP contribution in [0.4, 0.5) is 5.69 Å². The number of carbonyl (C=O) groups excluding carboxylic acids is 1. The van der Waals surface area contributed by atoms with E-state index >= 15 is 0 Å². The van der Waals surface area contributed by atoms with E-state index in [4.69, 9.17) is 5.26 Å². The van der Waals surface area contributed by atoms with E-state index in [0.717, 1.165) is 10.2 Å². The van der Waals surface area contributed by atoms with E-state index in [-0.39, 0.29) is 12.5 Å². The Morgan fingerprint density at radius 3 is 2.88 bits per heavy atom. The zero-order valence-electron chi connectivity index (χ0n) is 9.61. The van der Waals surface area contributed by atoms with Crippen molar-refractivity contribution in [1.82, 2.24) is 4.90 Å². The minimum atomic E-state index is -0.0858. The molecule has 1 aromatic carbocycles. The van der Waals surface area contributed by atoms with Gasteiger partial charge in [-0.1, -0.05) is 12.1 Å². The molecule has 1 amide bonds. The van der Waals surface area contributed by atoms with E-state index in [1.807, 2.05) is 42.3 Å². The smallest absolute Gasteiger partial charge is 0.238 e. The highest BCUT2D eigenvalue weighted by atomic mass is 79.9. The number of benzene rings is 1. The number of para-hydroxylation sites is 1. The summed E-state index contributed by atoms with van der Waals surface area (Å²) in [6, 6.07) is 9.50. The molecule has 0 bridgehead atoms. The maximum atomic E-state index is 11.7. The van der Waals surface area contributed by atoms with Crippen molar-refractivity contribution in [3.8, 4) is 6.07 Å². The summed E-state index contributed by atoms with van der Waals surface area (Å²) in [6.45, 7) is 0.878. The number of halogens is 1. The lowest BCUT2D eigenvalue weighted by Gasteiger charge is -2.14. The van der Waals surface area contributed by atoms with Crippen LogP contribution in [0, 0.1) is 11.3 Å². The molecule has 5 heteroatoms. The van der Waals surface area contributed by atoms with Gasteiger partial charge in [0.25, 0.3) is 0 Å². The predicted molar refractivity (Wildman–Crippen MR) is 70.5 cm³/mol. The molecule has 0 radical (unpaired) electrons. The van der Waals surface area contributed by atoms with E-state index in [2.05, 4.69) is 21.2 Å². The Balaban J connectivity index is 2.45. The van der Waals surface area contributed by atoms with E-state index in [9.17, 15) is 4.79 Å². The van der Waals surface area contributed by atoms with Crippen molar-refractivity contribution < 1.29 is 4.79 Å². The van der Waals surface area contributed by atoms with Crippen LogP contribution in [0.25, 0.3) is 0 Å². The van der Waals surface area contributed by atoms with Crippen molar-refractivity contribution in [1.29, 1.82) is 5.26 Å². The maximum absolute atomic E-state index is 11.7. The Morgan fingerprint density at radius 1 is 1.53 bits per heavy atom. The number of likely N-dealkylation sites (N-methyl/N-ethyl adjacent to an activating group) is 1. The molecule has 0 spiro atoms. The summed E-state index contributed by atoms with van der Waals surface area (Å²) in [6.07, 6.45) is 0.429. The number of hydrogen-bond acceptors (Lipinski definition) is 3. The van der Waals surface area contributed by atoms with E-state index < -0.39 is 0 Å². The second-order valence-corrected chi connectivity index (χ2v) is 4.53. The van der Waals surface area contributed by atoms with Gasteiger partial charge in [0.2, 0.25) is 5.91 Å². The fourth-order valence-corrected chi connectivity index (χ4v) is 1.70. The third kappa shape index (κ3) is 4.98. The lowest BCUT2D eigenvalue weighted by Crippen LogP contribution is -2.30. The van der Waals surface area contributed by atoms with Crippen molar-refractivity contribution >= 4 is 27.5 Å². The van der Waals surface area contributed by atoms with Gasteiger partial charge in [0.15, 0.2) is 0 Å². The summed E-state index contributed by atoms with van der Waals surface area (Å²) in [5.41, 5.74) is 0.756. The fraction of sp³-hybridized carbons (Fsp3) is 0.333. The van der Waals surface area contributed by atoms with Crippen LogP contribution in [0.5, 0.6) is 0 Å². The fourth-order valence-electron chi connectivity index (χ4n) is 1.32. The first-order valence-corrected chi connectivity index (χ1v) is 6.02. The van der Waals surface area contributed by atoms with Gasteiger partial charge >= 0.3 is 0 Å². The number of amides is 1. The summed E-state index contributed by atoms with van der Waals surface area (Å²) >= 11 is 3.36. The van der Waals surface area contributed by atoms with Gasteiger partial charge in [0.1, 0.15) is 0 Å². The van der Waals surface area contributed by atoms with Crippen LogP contribution in [0.2, 0.25) is 0 Å². The van der Waals surface area contributed by atoms with Crippen LogP contribution in [-0.2, 0) is 4.79 Å². The van der Waals surface area contributed by atoms with Crippen LogP contribution < -0.4 is 5.32 Å². The van der Waals surface area contributed by atoms with Gasteiger partial charge in [-0.05, 0) is 35.1 Å². The molecule has 0 fully saturated rings. The maximum Gasteiger partial charge on any atom is 0.238 e. The molecule has 0 saturated heterocycles. The van der Waals surface area contributed by atoms with Crippen molar-refractivity contribution in [3.05, 3.63) is 28.7 Å². The molecule has 0 aliphatic carbocycles. The van der Waals surface area contributed by atoms with E-state index in [1.165, 1.54) is 0 Å². The highest BCUT2D eigenvalue weighted by molar-refractivity contribution is 9.10. The van der Waals surface area contributed by atoms with Crippen molar-refractivity contribution in [2.75, 3.05) is 25.5 Å². The second-order valence-electron chi connectivity index (χ2n) is 3.67. The van der Waals surface area contributed by atoms with Crippen LogP contribution in [0.1, 0.15) is 6.42 Å². The third-order valence-corrected chi connectivity index (χ3v) is 2.86. The lowest BCUT2D eigenvalue weighted by molar-refractivity contribution is -0.117. The number of anilines is 1. The SMILES string of the molecule is CN(CCC#N)CC(=O)Nc1ccccc1Br. The summed E-state index contributed by atoms with van der Waals surface area (Å²) in [5, 5.41) is 11.2. The van der Waals surface area contributed by atoms with Gasteiger partial charge in [-0.3, -0.25) is 9.69 Å². The molecule has 0 aliphatic heterocycles. The van der Waals surface area contributed by atoms with Crippen LogP contribution in [0.3, 0.4) is 0 Å². The molecule has 1 aromatic rings. The van der Waals surface area contributed by atoms with Crippen LogP contribution >= 0.6 is 15.9 Å². The molecule has 0 atom stereocenters. The topological polar surface area (TPSA) is 56.1 Å². The van der Waals surface area contributed by atoms with Crippen molar-refractivity contribution in [2.45, 2.75) is 6.42 Å². The van der Waals surface area contributed by atoms with Gasteiger partial charge in [0, 0.05) is 17.4 Å². The summed E-state index contributed by atoms with van der Waals surface area (Å²) in [7, 11) is 1.82. The highest BCUT2D eigenvalue weighted by Crippen LogP contribution is 2.20. The summed E-state index contributed by atoms with van der Waals surface area (Å²) < 4.78 is 0.855. The van der Waals surface area contributed by atoms with Crippen LogP contribution in [0.15, 0.2) is 28.7 Å². The first-order valence-electron chi connectivity index (χ1n) is 5.23. The molecule has 17 heavy (non-hydrogen) atoms. The first kappa shape index (κ1) is 13.7. The van der Waals surface area contributed by atoms with Gasteiger partial charge in [-0.15, -0.1) is 0 Å². The molecular weight excluding hydrogens is 282 g/mol. The average Bonchev–Trinajstić information content (AvgIpc) is 2.29. The molecule has 0 aromatic heterocycles. The van der Waals surface area contributed by atoms with E-state index in [0.29, 0.717) is 13.0 Å². The molecule has 1 rings (SSSR count). The minimum absolute atomic E-state index is 0.0858. The van der Waals surface area contributed by atoms with Crippen LogP contribution in [-0.4, -0.2) is 30.9 Å². The minimum Gasteiger partial charge on any atom is -0.324 e. The molecule has 0 heterocycles. The third-order valence-electron chi connectivity index (χ3n) is 2.17. The number of nitrogens with zero attached hydrogens (tertiary/aromatic N) is 2. The number of nitrogens with one attached hydrogen (secondary N) is 1. The Labute approximate surface area is 109 Å². The largest absolute Gasteiger partial charge is 0.324 e. The second kappa shape index (κ2) is 7.05. The Bertz CT molecular complexity index is 428. The number of carbonyl (C=O) groups is 1. The molecule has 0 saturated carbocycles. The number of rotatable bonds is 5. The quantitative estimate of drug-likeness (QED) is 0.906. The number of nitriles is 1. The highest BCUT2D eigenvalue weighted by Gasteiger charge is 2.07. The molecule has 90 valence electrons. The van der Waals surface area contributed by atoms with Gasteiger partial charge < -0.3 is 5.32 Å². The first-order chi connectivity index (χ1) is 8.13. The van der Waals surface area contributed by atoms with Gasteiger partial charge in [-0.2, -0.15) is 5.26 Å². The van der Waals surface area contributed by atoms with Gasteiger partial charge in [-0.25, -0.2) is 0 Å². The average molecular weight is 296 g/mol. The molecule has 0 unspecified atom stereocenters.